The second kappa shape index (κ2) is 8.33. The van der Waals surface area contributed by atoms with Crippen molar-refractivity contribution in [3.05, 3.63) is 29.5 Å². The van der Waals surface area contributed by atoms with E-state index in [1.807, 2.05) is 25.8 Å². The third kappa shape index (κ3) is 4.16. The number of likely N-dealkylation sites (N-methyl/N-ethyl adjacent to an activating group) is 1. The van der Waals surface area contributed by atoms with Gasteiger partial charge in [-0.2, -0.15) is 4.98 Å². The molecule has 2 aromatic rings. The molecule has 10 heteroatoms. The predicted octanol–water partition coefficient (Wildman–Crippen LogP) is 2.91. The molecule has 3 N–H and O–H groups in total. The summed E-state index contributed by atoms with van der Waals surface area (Å²) in [4.78, 5) is 11.1. The van der Waals surface area contributed by atoms with Crippen LogP contribution in [0.1, 0.15) is 25.5 Å². The lowest BCUT2D eigenvalue weighted by Crippen LogP contribution is -2.48. The zero-order valence-electron chi connectivity index (χ0n) is 17.9. The maximum Gasteiger partial charge on any atom is 0.225 e. The maximum absolute atomic E-state index is 13.8. The van der Waals surface area contributed by atoms with Gasteiger partial charge in [0.25, 0.3) is 0 Å². The summed E-state index contributed by atoms with van der Waals surface area (Å²) in [7, 11) is 3.11. The molecule has 4 rings (SSSR count). The van der Waals surface area contributed by atoms with Crippen LogP contribution < -0.4 is 25.0 Å². The summed E-state index contributed by atoms with van der Waals surface area (Å²) < 4.78 is 37.8. The van der Waals surface area contributed by atoms with E-state index in [1.54, 1.807) is 0 Å². The highest BCUT2D eigenvalue weighted by Crippen LogP contribution is 2.35. The number of ether oxygens (including phenoxy) is 2. The summed E-state index contributed by atoms with van der Waals surface area (Å²) in [5.41, 5.74) is 1.49. The molecule has 0 spiro atoms. The van der Waals surface area contributed by atoms with E-state index in [2.05, 4.69) is 25.3 Å². The van der Waals surface area contributed by atoms with Crippen LogP contribution in [0.25, 0.3) is 0 Å². The molecule has 8 nitrogen and oxygen atoms in total. The third-order valence-electron chi connectivity index (χ3n) is 6.00. The molecule has 31 heavy (non-hydrogen) atoms. The molecule has 1 fully saturated rings. The van der Waals surface area contributed by atoms with Crippen molar-refractivity contribution in [1.82, 2.24) is 9.97 Å². The molecule has 0 amide bonds. The molecule has 1 aliphatic carbocycles. The van der Waals surface area contributed by atoms with Crippen LogP contribution >= 0.6 is 0 Å². The molecular formula is C21H27F2N5O3. The molecule has 0 radical (unpaired) electrons. The number of nitrogens with zero attached hydrogens (tertiary/aromatic N) is 3. The Labute approximate surface area is 179 Å². The van der Waals surface area contributed by atoms with E-state index in [-0.39, 0.29) is 23.8 Å². The molecule has 2 heterocycles. The van der Waals surface area contributed by atoms with Gasteiger partial charge in [0.2, 0.25) is 5.95 Å². The topological polar surface area (TPSA) is 91.8 Å². The highest BCUT2D eigenvalue weighted by atomic mass is 19.1. The van der Waals surface area contributed by atoms with Gasteiger partial charge in [0, 0.05) is 25.2 Å². The van der Waals surface area contributed by atoms with E-state index in [0.717, 1.165) is 42.2 Å². The van der Waals surface area contributed by atoms with Crippen LogP contribution in [0, 0.1) is 24.5 Å². The molecule has 1 aliphatic heterocycles. The summed E-state index contributed by atoms with van der Waals surface area (Å²) in [6, 6.07) is 2.33. The minimum atomic E-state index is -0.785. The first kappa shape index (κ1) is 21.4. The van der Waals surface area contributed by atoms with Crippen LogP contribution in [0.3, 0.4) is 0 Å². The molecule has 0 saturated heterocycles. The van der Waals surface area contributed by atoms with Crippen LogP contribution in [0.4, 0.5) is 26.2 Å². The van der Waals surface area contributed by atoms with Crippen LogP contribution in [-0.4, -0.2) is 54.2 Å². The summed E-state index contributed by atoms with van der Waals surface area (Å²) in [5, 5.41) is 16.5. The molecule has 2 atom stereocenters. The Morgan fingerprint density at radius 1 is 1.26 bits per heavy atom. The van der Waals surface area contributed by atoms with E-state index in [9.17, 15) is 13.9 Å². The van der Waals surface area contributed by atoms with Gasteiger partial charge in [0.15, 0.2) is 23.2 Å². The lowest BCUT2D eigenvalue weighted by Gasteiger charge is -2.39. The van der Waals surface area contributed by atoms with Crippen molar-refractivity contribution >= 4 is 17.5 Å². The molecule has 0 bridgehead atoms. The molecule has 1 aromatic carbocycles. The number of rotatable bonds is 6. The monoisotopic (exact) mass is 435 g/mol. The minimum Gasteiger partial charge on any atom is -0.493 e. The number of anilines is 3. The molecule has 1 aromatic heterocycles. The van der Waals surface area contributed by atoms with Gasteiger partial charge in [-0.25, -0.2) is 13.8 Å². The van der Waals surface area contributed by atoms with E-state index in [0.29, 0.717) is 12.6 Å². The van der Waals surface area contributed by atoms with E-state index in [4.69, 9.17) is 4.74 Å². The standard InChI is InChI=1S/C21H27F2N5O3/c1-10-17-19(28(3)11(2)20(29)26-17)27-21(24-10)25-13-5-12(6-13)9-31-14-7-15(22)18(30-4)16(23)8-14/h7-8,11-13,20,26,29H,5-6,9H2,1-4H3,(H,24,25,27)/t11-,12?,13?,20?/m0/s1. The molecule has 1 unspecified atom stereocenters. The van der Waals surface area contributed by atoms with Crippen molar-refractivity contribution in [2.75, 3.05) is 36.3 Å². The molecular weight excluding hydrogens is 408 g/mol. The number of hydrogen-bond donors (Lipinski definition) is 3. The van der Waals surface area contributed by atoms with Crippen LogP contribution in [0.5, 0.6) is 11.5 Å². The largest absolute Gasteiger partial charge is 0.493 e. The van der Waals surface area contributed by atoms with Gasteiger partial charge in [-0.05, 0) is 32.6 Å². The number of aliphatic hydroxyl groups is 1. The van der Waals surface area contributed by atoms with Crippen molar-refractivity contribution in [1.29, 1.82) is 0 Å². The normalized spacial score (nSPS) is 24.7. The Kier molecular flexibility index (Phi) is 5.74. The third-order valence-corrected chi connectivity index (χ3v) is 6.00. The number of benzene rings is 1. The quantitative estimate of drug-likeness (QED) is 0.638. The molecule has 1 saturated carbocycles. The van der Waals surface area contributed by atoms with Gasteiger partial charge >= 0.3 is 0 Å². The summed E-state index contributed by atoms with van der Waals surface area (Å²) >= 11 is 0. The Balaban J connectivity index is 1.32. The first-order valence-electron chi connectivity index (χ1n) is 10.2. The highest BCUT2D eigenvalue weighted by Gasteiger charge is 2.33. The van der Waals surface area contributed by atoms with Gasteiger partial charge in [-0.3, -0.25) is 0 Å². The van der Waals surface area contributed by atoms with Gasteiger partial charge in [0.1, 0.15) is 17.7 Å². The number of methoxy groups -OCH3 is 1. The van der Waals surface area contributed by atoms with Gasteiger partial charge in [-0.1, -0.05) is 0 Å². The molecule has 168 valence electrons. The minimum absolute atomic E-state index is 0.118. The van der Waals surface area contributed by atoms with Crippen molar-refractivity contribution in [3.8, 4) is 11.5 Å². The van der Waals surface area contributed by atoms with Gasteiger partial charge in [-0.15, -0.1) is 0 Å². The number of hydrogen-bond acceptors (Lipinski definition) is 8. The van der Waals surface area contributed by atoms with Crippen molar-refractivity contribution in [3.63, 3.8) is 0 Å². The zero-order chi connectivity index (χ0) is 22.3. The Hall–Kier alpha value is -2.88. The first-order chi connectivity index (χ1) is 14.8. The van der Waals surface area contributed by atoms with Crippen LogP contribution in [0.15, 0.2) is 12.1 Å². The fourth-order valence-electron chi connectivity index (χ4n) is 3.92. The van der Waals surface area contributed by atoms with E-state index >= 15 is 0 Å². The van der Waals surface area contributed by atoms with E-state index in [1.165, 1.54) is 7.11 Å². The second-order valence-electron chi connectivity index (χ2n) is 8.18. The van der Waals surface area contributed by atoms with Crippen LogP contribution in [-0.2, 0) is 0 Å². The highest BCUT2D eigenvalue weighted by molar-refractivity contribution is 5.72. The summed E-state index contributed by atoms with van der Waals surface area (Å²) in [6.07, 6.45) is 0.992. The number of aliphatic hydroxyl groups excluding tert-OH is 1. The van der Waals surface area contributed by atoms with E-state index < -0.39 is 23.6 Å². The van der Waals surface area contributed by atoms with Crippen LogP contribution in [0.2, 0.25) is 0 Å². The summed E-state index contributed by atoms with van der Waals surface area (Å²) in [5.74, 6) is -0.284. The predicted molar refractivity (Wildman–Crippen MR) is 113 cm³/mol. The first-order valence-corrected chi connectivity index (χ1v) is 10.2. The van der Waals surface area contributed by atoms with Crippen molar-refractivity contribution < 1.29 is 23.4 Å². The summed E-state index contributed by atoms with van der Waals surface area (Å²) in [6.45, 7) is 4.16. The SMILES string of the molecule is COc1c(F)cc(OCC2CC(Nc3nc(C)c4c(n3)N(C)[C@@H](C)C(O)N4)C2)cc1F. The lowest BCUT2D eigenvalue weighted by molar-refractivity contribution is 0.166. The smallest absolute Gasteiger partial charge is 0.225 e. The van der Waals surface area contributed by atoms with Crippen molar-refractivity contribution in [2.24, 2.45) is 5.92 Å². The lowest BCUT2D eigenvalue weighted by atomic mass is 9.81. The zero-order valence-corrected chi connectivity index (χ0v) is 17.9. The Morgan fingerprint density at radius 3 is 2.58 bits per heavy atom. The number of fused-ring (bicyclic) bond motifs is 1. The molecule has 2 aliphatic rings. The Morgan fingerprint density at radius 2 is 1.94 bits per heavy atom. The van der Waals surface area contributed by atoms with Crippen molar-refractivity contribution in [2.45, 2.75) is 45.0 Å². The average Bonchev–Trinajstić information content (AvgIpc) is 2.68. The number of nitrogens with one attached hydrogen (secondary N) is 2. The van der Waals surface area contributed by atoms with Gasteiger partial charge < -0.3 is 30.1 Å². The second-order valence-corrected chi connectivity index (χ2v) is 8.18. The number of halogens is 2. The fourth-order valence-corrected chi connectivity index (χ4v) is 3.92. The number of aromatic nitrogens is 2. The average molecular weight is 435 g/mol. The number of aryl methyl sites for hydroxylation is 1. The Bertz CT molecular complexity index is 947. The maximum atomic E-state index is 13.8. The fraction of sp³-hybridized carbons (Fsp3) is 0.524. The van der Waals surface area contributed by atoms with Gasteiger partial charge in [0.05, 0.1) is 25.5 Å².